The monoisotopic (exact) mass is 446 g/mol. The van der Waals surface area contributed by atoms with E-state index < -0.39 is 23.5 Å². The van der Waals surface area contributed by atoms with Crippen LogP contribution in [-0.4, -0.2) is 28.9 Å². The number of carbonyl (C=O) groups is 2. The first-order valence-electron chi connectivity index (χ1n) is 9.84. The number of aryl methyl sites for hydroxylation is 1. The number of hydrogen-bond acceptors (Lipinski definition) is 7. The van der Waals surface area contributed by atoms with Crippen LogP contribution in [0.1, 0.15) is 27.9 Å². The van der Waals surface area contributed by atoms with Gasteiger partial charge in [0.05, 0.1) is 24.4 Å². The van der Waals surface area contributed by atoms with Crippen LogP contribution in [0.25, 0.3) is 11.0 Å². The van der Waals surface area contributed by atoms with Gasteiger partial charge in [-0.15, -0.1) is 11.3 Å². The summed E-state index contributed by atoms with van der Waals surface area (Å²) in [5.41, 5.74) is 1.83. The van der Waals surface area contributed by atoms with E-state index in [1.165, 1.54) is 23.3 Å². The van der Waals surface area contributed by atoms with Crippen molar-refractivity contribution >= 4 is 39.1 Å². The number of rotatable bonds is 5. The smallest absolute Gasteiger partial charge is 0.296 e. The molecule has 0 saturated heterocycles. The summed E-state index contributed by atoms with van der Waals surface area (Å²) < 4.78 is 11.1. The van der Waals surface area contributed by atoms with Crippen LogP contribution in [0.3, 0.4) is 0 Å². The summed E-state index contributed by atoms with van der Waals surface area (Å²) >= 11 is 1.26. The number of ether oxygens (including phenoxy) is 1. The van der Waals surface area contributed by atoms with Crippen LogP contribution in [0, 0.1) is 6.92 Å². The molecule has 1 aliphatic heterocycles. The van der Waals surface area contributed by atoms with Crippen molar-refractivity contribution in [3.05, 3.63) is 88.3 Å². The minimum atomic E-state index is -0.885. The molecule has 3 heterocycles. The third kappa shape index (κ3) is 3.16. The summed E-state index contributed by atoms with van der Waals surface area (Å²) in [5, 5.41) is 13.8. The number of methoxy groups -OCH3 is 1. The van der Waals surface area contributed by atoms with Gasteiger partial charge in [-0.25, -0.2) is 4.98 Å². The van der Waals surface area contributed by atoms with Gasteiger partial charge in [0.25, 0.3) is 5.91 Å². The second-order valence-electron chi connectivity index (χ2n) is 7.37. The molecule has 1 aliphatic rings. The SMILES string of the molecule is COc1cccc(C2C(C(=O)c3cc4ccccc4o3)=C(O)C(=O)N2c2nc(C)cs2)c1. The Balaban J connectivity index is 1.67. The molecule has 0 bridgehead atoms. The van der Waals surface area contributed by atoms with Gasteiger partial charge in [-0.3, -0.25) is 14.5 Å². The standard InChI is InChI=1S/C24H18N2O5S/c1-13-12-32-24(25-13)26-20(15-7-5-8-16(10-15)30-2)19(22(28)23(26)29)21(27)18-11-14-6-3-4-9-17(14)31-18/h3-12,20,28H,1-2H3. The molecule has 4 aromatic rings. The molecule has 1 atom stereocenters. The molecule has 0 aliphatic carbocycles. The van der Waals surface area contributed by atoms with Crippen LogP contribution in [-0.2, 0) is 4.79 Å². The van der Waals surface area contributed by atoms with E-state index in [4.69, 9.17) is 9.15 Å². The second kappa shape index (κ2) is 7.65. The number of aliphatic hydroxyl groups is 1. The molecule has 32 heavy (non-hydrogen) atoms. The minimum absolute atomic E-state index is 0.0469. The lowest BCUT2D eigenvalue weighted by Crippen LogP contribution is -2.31. The highest BCUT2D eigenvalue weighted by atomic mass is 32.1. The maximum Gasteiger partial charge on any atom is 0.296 e. The number of aromatic nitrogens is 1. The summed E-state index contributed by atoms with van der Waals surface area (Å²) in [7, 11) is 1.54. The van der Waals surface area contributed by atoms with Gasteiger partial charge in [0, 0.05) is 10.8 Å². The fraction of sp³-hybridized carbons (Fsp3) is 0.125. The number of benzene rings is 2. The Morgan fingerprint density at radius 2 is 2.00 bits per heavy atom. The van der Waals surface area contributed by atoms with Gasteiger partial charge >= 0.3 is 0 Å². The molecule has 0 saturated carbocycles. The highest BCUT2D eigenvalue weighted by Crippen LogP contribution is 2.43. The number of anilines is 1. The van der Waals surface area contributed by atoms with Crippen LogP contribution in [0.2, 0.25) is 0 Å². The number of amides is 1. The third-order valence-corrected chi connectivity index (χ3v) is 6.28. The molecule has 2 aromatic heterocycles. The zero-order valence-electron chi connectivity index (χ0n) is 17.2. The summed E-state index contributed by atoms with van der Waals surface area (Å²) in [6.45, 7) is 1.81. The zero-order valence-corrected chi connectivity index (χ0v) is 18.1. The fourth-order valence-electron chi connectivity index (χ4n) is 3.84. The predicted octanol–water partition coefficient (Wildman–Crippen LogP) is 4.99. The van der Waals surface area contributed by atoms with E-state index in [0.29, 0.717) is 22.0 Å². The second-order valence-corrected chi connectivity index (χ2v) is 8.20. The van der Waals surface area contributed by atoms with Gasteiger partial charge in [0.15, 0.2) is 16.7 Å². The van der Waals surface area contributed by atoms with Gasteiger partial charge in [0.2, 0.25) is 5.78 Å². The van der Waals surface area contributed by atoms with E-state index in [0.717, 1.165) is 11.1 Å². The third-order valence-electron chi connectivity index (χ3n) is 5.32. The van der Waals surface area contributed by atoms with E-state index in [-0.39, 0.29) is 11.3 Å². The number of fused-ring (bicyclic) bond motifs is 1. The molecule has 0 spiro atoms. The van der Waals surface area contributed by atoms with E-state index >= 15 is 0 Å². The first kappa shape index (κ1) is 20.0. The van der Waals surface area contributed by atoms with Gasteiger partial charge < -0.3 is 14.3 Å². The lowest BCUT2D eigenvalue weighted by molar-refractivity contribution is -0.117. The lowest BCUT2D eigenvalue weighted by atomic mass is 9.95. The average Bonchev–Trinajstić information content (AvgIpc) is 3.50. The Morgan fingerprint density at radius 3 is 2.72 bits per heavy atom. The maximum absolute atomic E-state index is 13.6. The predicted molar refractivity (Wildman–Crippen MR) is 120 cm³/mol. The van der Waals surface area contributed by atoms with Crippen molar-refractivity contribution in [3.8, 4) is 5.75 Å². The van der Waals surface area contributed by atoms with Gasteiger partial charge in [-0.1, -0.05) is 30.3 Å². The first-order chi connectivity index (χ1) is 15.5. The van der Waals surface area contributed by atoms with E-state index in [1.54, 1.807) is 41.8 Å². The number of Topliss-reactive ketones (excluding diaryl/α,β-unsaturated/α-hetero) is 1. The molecular formula is C24H18N2O5S. The number of thiazole rings is 1. The van der Waals surface area contributed by atoms with Crippen LogP contribution in [0.4, 0.5) is 5.13 Å². The molecule has 0 radical (unpaired) electrons. The van der Waals surface area contributed by atoms with Crippen molar-refractivity contribution in [2.45, 2.75) is 13.0 Å². The zero-order chi connectivity index (χ0) is 22.4. The minimum Gasteiger partial charge on any atom is -0.503 e. The highest BCUT2D eigenvalue weighted by molar-refractivity contribution is 7.14. The number of carbonyl (C=O) groups excluding carboxylic acids is 2. The summed E-state index contributed by atoms with van der Waals surface area (Å²) in [5.74, 6) is -1.25. The van der Waals surface area contributed by atoms with Gasteiger partial charge in [-0.05, 0) is 36.8 Å². The van der Waals surface area contributed by atoms with Crippen LogP contribution >= 0.6 is 11.3 Å². The van der Waals surface area contributed by atoms with Crippen molar-refractivity contribution in [2.75, 3.05) is 12.0 Å². The summed E-state index contributed by atoms with van der Waals surface area (Å²) in [4.78, 5) is 32.5. The largest absolute Gasteiger partial charge is 0.503 e. The molecule has 1 N–H and O–H groups in total. The number of furan rings is 1. The molecule has 7 nitrogen and oxygen atoms in total. The molecular weight excluding hydrogens is 428 g/mol. The Morgan fingerprint density at radius 1 is 1.19 bits per heavy atom. The Labute approximate surface area is 187 Å². The van der Waals surface area contributed by atoms with Gasteiger partial charge in [-0.2, -0.15) is 0 Å². The Bertz CT molecular complexity index is 1370. The molecule has 1 amide bonds. The molecule has 0 fully saturated rings. The van der Waals surface area contributed by atoms with E-state index in [9.17, 15) is 14.7 Å². The summed E-state index contributed by atoms with van der Waals surface area (Å²) in [6, 6.07) is 15.0. The van der Waals surface area contributed by atoms with Crippen molar-refractivity contribution in [3.63, 3.8) is 0 Å². The van der Waals surface area contributed by atoms with Crippen molar-refractivity contribution in [1.82, 2.24) is 4.98 Å². The normalized spacial score (nSPS) is 16.2. The average molecular weight is 446 g/mol. The fourth-order valence-corrected chi connectivity index (χ4v) is 4.67. The first-order valence-corrected chi connectivity index (χ1v) is 10.7. The number of aliphatic hydroxyl groups excluding tert-OH is 1. The highest BCUT2D eigenvalue weighted by Gasteiger charge is 2.46. The molecule has 5 rings (SSSR count). The Hall–Kier alpha value is -3.91. The van der Waals surface area contributed by atoms with E-state index in [1.807, 2.05) is 25.1 Å². The number of para-hydroxylation sites is 1. The lowest BCUT2D eigenvalue weighted by Gasteiger charge is -2.24. The molecule has 8 heteroatoms. The van der Waals surface area contributed by atoms with Crippen LogP contribution in [0.15, 0.2) is 75.7 Å². The quantitative estimate of drug-likeness (QED) is 0.434. The molecule has 160 valence electrons. The topological polar surface area (TPSA) is 92.9 Å². The van der Waals surface area contributed by atoms with E-state index in [2.05, 4.69) is 4.98 Å². The van der Waals surface area contributed by atoms with Crippen molar-refractivity contribution in [2.24, 2.45) is 0 Å². The van der Waals surface area contributed by atoms with Gasteiger partial charge in [0.1, 0.15) is 11.3 Å². The van der Waals surface area contributed by atoms with Crippen LogP contribution < -0.4 is 9.64 Å². The van der Waals surface area contributed by atoms with Crippen LogP contribution in [0.5, 0.6) is 5.75 Å². The molecule has 1 unspecified atom stereocenters. The maximum atomic E-state index is 13.6. The van der Waals surface area contributed by atoms with Crippen molar-refractivity contribution < 1.29 is 23.8 Å². The summed E-state index contributed by atoms with van der Waals surface area (Å²) in [6.07, 6.45) is 0. The molecule has 2 aromatic carbocycles. The number of hydrogen-bond donors (Lipinski definition) is 1. The number of nitrogens with zero attached hydrogens (tertiary/aromatic N) is 2. The Kier molecular flexibility index (Phi) is 4.79. The number of ketones is 1. The van der Waals surface area contributed by atoms with Crippen molar-refractivity contribution in [1.29, 1.82) is 0 Å².